The van der Waals surface area contributed by atoms with E-state index >= 15 is 0 Å². The molecule has 1 fully saturated rings. The van der Waals surface area contributed by atoms with Crippen LogP contribution in [0.2, 0.25) is 0 Å². The van der Waals surface area contributed by atoms with Crippen molar-refractivity contribution in [3.8, 4) is 0 Å². The number of amides is 1. The minimum atomic E-state index is -1.13. The molecule has 1 amide bonds. The molecule has 1 aliphatic rings. The first-order valence-corrected chi connectivity index (χ1v) is 9.50. The van der Waals surface area contributed by atoms with Crippen molar-refractivity contribution >= 4 is 28.1 Å². The van der Waals surface area contributed by atoms with Gasteiger partial charge in [0.2, 0.25) is 0 Å². The largest absolute Gasteiger partial charge is 0.367 e. The monoisotopic (exact) mass is 364 g/mol. The van der Waals surface area contributed by atoms with Crippen LogP contribution in [-0.2, 0) is 10.8 Å². The normalized spacial score (nSPS) is 15.2. The summed E-state index contributed by atoms with van der Waals surface area (Å²) in [5.41, 5.74) is 0.343. The lowest BCUT2D eigenvalue weighted by Gasteiger charge is -2.19. The number of nitrogens with one attached hydrogen (secondary N) is 1. The van der Waals surface area contributed by atoms with Crippen molar-refractivity contribution in [1.29, 1.82) is 0 Å². The second kappa shape index (κ2) is 7.31. The lowest BCUT2D eigenvalue weighted by molar-refractivity contribution is 0.102. The third kappa shape index (κ3) is 3.87. The predicted molar refractivity (Wildman–Crippen MR) is 94.5 cm³/mol. The molecule has 1 unspecified atom stereocenters. The Balaban J connectivity index is 1.78. The molecular weight excluding hydrogens is 346 g/mol. The molecule has 0 aromatic heterocycles. The zero-order valence-electron chi connectivity index (χ0n) is 13.7. The molecule has 0 spiro atoms. The van der Waals surface area contributed by atoms with Crippen LogP contribution in [0, 0.1) is 11.6 Å². The van der Waals surface area contributed by atoms with Crippen LogP contribution in [0.5, 0.6) is 0 Å². The number of benzene rings is 2. The number of halogens is 2. The number of anilines is 2. The fourth-order valence-electron chi connectivity index (χ4n) is 2.88. The summed E-state index contributed by atoms with van der Waals surface area (Å²) in [4.78, 5) is 14.5. The van der Waals surface area contributed by atoms with E-state index in [-0.39, 0.29) is 11.4 Å². The summed E-state index contributed by atoms with van der Waals surface area (Å²) in [7, 11) is -1.13. The molecule has 1 saturated heterocycles. The van der Waals surface area contributed by atoms with Crippen molar-refractivity contribution in [2.45, 2.75) is 17.7 Å². The summed E-state index contributed by atoms with van der Waals surface area (Å²) in [6.45, 7) is 1.26. The Hall–Kier alpha value is -2.28. The molecule has 1 atom stereocenters. The summed E-state index contributed by atoms with van der Waals surface area (Å²) >= 11 is 0. The van der Waals surface area contributed by atoms with Crippen LogP contribution in [-0.4, -0.2) is 29.5 Å². The number of carbonyl (C=O) groups is 1. The zero-order chi connectivity index (χ0) is 18.0. The van der Waals surface area contributed by atoms with Gasteiger partial charge in [-0.05, 0) is 49.2 Å². The Labute approximate surface area is 147 Å². The number of hydrogen-bond acceptors (Lipinski definition) is 3. The highest BCUT2D eigenvalue weighted by Gasteiger charge is 2.21. The second-order valence-electron chi connectivity index (χ2n) is 5.92. The predicted octanol–water partition coefficient (Wildman–Crippen LogP) is 3.55. The molecule has 1 aliphatic heterocycles. The van der Waals surface area contributed by atoms with E-state index in [2.05, 4.69) is 5.32 Å². The number of hydrogen-bond donors (Lipinski definition) is 1. The van der Waals surface area contributed by atoms with Gasteiger partial charge >= 0.3 is 0 Å². The Morgan fingerprint density at radius 3 is 2.16 bits per heavy atom. The minimum absolute atomic E-state index is 0.0368. The maximum absolute atomic E-state index is 14.3. The summed E-state index contributed by atoms with van der Waals surface area (Å²) in [5.74, 6) is -1.86. The summed E-state index contributed by atoms with van der Waals surface area (Å²) in [5, 5.41) is 2.49. The van der Waals surface area contributed by atoms with Gasteiger partial charge in [-0.1, -0.05) is 0 Å². The lowest BCUT2D eigenvalue weighted by atomic mass is 10.2. The molecule has 25 heavy (non-hydrogen) atoms. The second-order valence-corrected chi connectivity index (χ2v) is 7.29. The third-order valence-electron chi connectivity index (χ3n) is 4.15. The molecule has 7 heteroatoms. The molecule has 3 rings (SSSR count). The highest BCUT2D eigenvalue weighted by molar-refractivity contribution is 7.84. The van der Waals surface area contributed by atoms with Crippen molar-refractivity contribution in [3.05, 3.63) is 53.6 Å². The zero-order valence-corrected chi connectivity index (χ0v) is 14.5. The number of rotatable bonds is 4. The van der Waals surface area contributed by atoms with Crippen LogP contribution in [0.4, 0.5) is 20.2 Å². The van der Waals surface area contributed by atoms with Gasteiger partial charge in [-0.2, -0.15) is 0 Å². The van der Waals surface area contributed by atoms with E-state index in [1.165, 1.54) is 12.1 Å². The maximum atomic E-state index is 14.3. The van der Waals surface area contributed by atoms with Crippen LogP contribution >= 0.6 is 0 Å². The first kappa shape index (κ1) is 17.5. The van der Waals surface area contributed by atoms with Crippen LogP contribution in [0.1, 0.15) is 23.2 Å². The molecule has 0 bridgehead atoms. The van der Waals surface area contributed by atoms with Gasteiger partial charge < -0.3 is 10.2 Å². The van der Waals surface area contributed by atoms with Gasteiger partial charge in [0.05, 0.1) is 0 Å². The third-order valence-corrected chi connectivity index (χ3v) is 5.08. The van der Waals surface area contributed by atoms with E-state index in [0.717, 1.165) is 25.0 Å². The van der Waals surface area contributed by atoms with E-state index in [9.17, 15) is 17.8 Å². The van der Waals surface area contributed by atoms with Gasteiger partial charge in [0.25, 0.3) is 5.91 Å². The van der Waals surface area contributed by atoms with E-state index in [1.807, 2.05) is 0 Å². The first-order chi connectivity index (χ1) is 12.0. The molecule has 0 aliphatic carbocycles. The van der Waals surface area contributed by atoms with Crippen molar-refractivity contribution in [2.75, 3.05) is 29.6 Å². The lowest BCUT2D eigenvalue weighted by Crippen LogP contribution is -2.21. The molecule has 132 valence electrons. The van der Waals surface area contributed by atoms with E-state index in [0.29, 0.717) is 23.5 Å². The molecule has 2 aromatic rings. The Morgan fingerprint density at radius 2 is 1.64 bits per heavy atom. The van der Waals surface area contributed by atoms with Crippen LogP contribution < -0.4 is 10.2 Å². The van der Waals surface area contributed by atoms with Crippen LogP contribution in [0.3, 0.4) is 0 Å². The van der Waals surface area contributed by atoms with Crippen molar-refractivity contribution in [3.63, 3.8) is 0 Å². The van der Waals surface area contributed by atoms with Crippen LogP contribution in [0.25, 0.3) is 0 Å². The van der Waals surface area contributed by atoms with Crippen molar-refractivity contribution in [1.82, 2.24) is 0 Å². The molecule has 1 heterocycles. The van der Waals surface area contributed by atoms with Gasteiger partial charge in [-0.25, -0.2) is 8.78 Å². The number of nitrogens with zero attached hydrogens (tertiary/aromatic N) is 1. The van der Waals surface area contributed by atoms with Gasteiger partial charge in [0, 0.05) is 46.3 Å². The standard InChI is InChI=1S/C18H18F2N2O2S/c1-25(24)14-6-4-12(5-7-14)18(23)21-13-10-15(19)17(16(20)11-13)22-8-2-3-9-22/h4-7,10-11H,2-3,8-9H2,1H3,(H,21,23). The molecule has 1 N–H and O–H groups in total. The van der Waals surface area contributed by atoms with E-state index in [4.69, 9.17) is 0 Å². The molecule has 2 aromatic carbocycles. The molecule has 4 nitrogen and oxygen atoms in total. The quantitative estimate of drug-likeness (QED) is 0.903. The first-order valence-electron chi connectivity index (χ1n) is 7.94. The van der Waals surface area contributed by atoms with E-state index in [1.54, 1.807) is 23.3 Å². The van der Waals surface area contributed by atoms with Crippen molar-refractivity contribution < 1.29 is 17.8 Å². The number of carbonyl (C=O) groups excluding carboxylic acids is 1. The fourth-order valence-corrected chi connectivity index (χ4v) is 3.40. The Bertz CT molecular complexity index is 795. The highest BCUT2D eigenvalue weighted by atomic mass is 32.2. The Morgan fingerprint density at radius 1 is 1.08 bits per heavy atom. The molecule has 0 saturated carbocycles. The summed E-state index contributed by atoms with van der Waals surface area (Å²) < 4.78 is 39.9. The van der Waals surface area contributed by atoms with Gasteiger partial charge in [-0.3, -0.25) is 9.00 Å². The highest BCUT2D eigenvalue weighted by Crippen LogP contribution is 2.29. The maximum Gasteiger partial charge on any atom is 0.255 e. The summed E-state index contributed by atoms with van der Waals surface area (Å²) in [6, 6.07) is 8.48. The van der Waals surface area contributed by atoms with Gasteiger partial charge in [-0.15, -0.1) is 0 Å². The van der Waals surface area contributed by atoms with Gasteiger partial charge in [0.1, 0.15) is 5.69 Å². The topological polar surface area (TPSA) is 49.4 Å². The fraction of sp³-hybridized carbons (Fsp3) is 0.278. The SMILES string of the molecule is CS(=O)c1ccc(C(=O)Nc2cc(F)c(N3CCCC3)c(F)c2)cc1. The van der Waals surface area contributed by atoms with Gasteiger partial charge in [0.15, 0.2) is 11.6 Å². The van der Waals surface area contributed by atoms with Crippen molar-refractivity contribution in [2.24, 2.45) is 0 Å². The van der Waals surface area contributed by atoms with E-state index < -0.39 is 28.3 Å². The van der Waals surface area contributed by atoms with Crippen LogP contribution in [0.15, 0.2) is 41.3 Å². The Kier molecular flexibility index (Phi) is 5.13. The smallest absolute Gasteiger partial charge is 0.255 e. The average Bonchev–Trinajstić information content (AvgIpc) is 3.08. The molecular formula is C18H18F2N2O2S. The molecule has 0 radical (unpaired) electrons. The summed E-state index contributed by atoms with van der Waals surface area (Å²) in [6.07, 6.45) is 3.37. The minimum Gasteiger partial charge on any atom is -0.367 e. The average molecular weight is 364 g/mol.